The Morgan fingerprint density at radius 2 is 1.94 bits per heavy atom. The van der Waals surface area contributed by atoms with Crippen molar-refractivity contribution in [1.29, 1.82) is 0 Å². The number of amides is 2. The van der Waals surface area contributed by atoms with E-state index in [1.807, 2.05) is 0 Å². The summed E-state index contributed by atoms with van der Waals surface area (Å²) in [7, 11) is 0. The fraction of sp³-hybridized carbons (Fsp3) is 0.200. The molecule has 0 aliphatic carbocycles. The van der Waals surface area contributed by atoms with Crippen molar-refractivity contribution in [3.05, 3.63) is 27.7 Å². The highest BCUT2D eigenvalue weighted by atomic mass is 35.5. The van der Waals surface area contributed by atoms with Crippen molar-refractivity contribution in [2.45, 2.75) is 13.0 Å². The number of halogens is 2. The zero-order chi connectivity index (χ0) is 13.2. The van der Waals surface area contributed by atoms with Gasteiger partial charge in [0.2, 0.25) is 5.91 Å². The maximum atomic E-state index is 11.7. The minimum absolute atomic E-state index is 0.170. The highest BCUT2D eigenvalue weighted by Gasteiger charge is 2.15. The quantitative estimate of drug-likeness (QED) is 0.723. The van der Waals surface area contributed by atoms with Crippen LogP contribution in [0.4, 0.5) is 5.69 Å². The lowest BCUT2D eigenvalue weighted by Crippen LogP contribution is -2.42. The van der Waals surface area contributed by atoms with Crippen LogP contribution in [0, 0.1) is 0 Å². The zero-order valence-electron chi connectivity index (χ0n) is 8.96. The Morgan fingerprint density at radius 3 is 2.41 bits per heavy atom. The summed E-state index contributed by atoms with van der Waals surface area (Å²) in [4.78, 5) is 22.5. The summed E-state index contributed by atoms with van der Waals surface area (Å²) >= 11 is 11.5. The molecule has 0 aliphatic rings. The summed E-state index contributed by atoms with van der Waals surface area (Å²) in [5.74, 6) is -1.13. The van der Waals surface area contributed by atoms with Crippen LogP contribution in [-0.4, -0.2) is 17.9 Å². The van der Waals surface area contributed by atoms with Gasteiger partial charge in [-0.1, -0.05) is 23.2 Å². The third-order valence-electron chi connectivity index (χ3n) is 2.09. The van der Waals surface area contributed by atoms with Crippen molar-refractivity contribution >= 4 is 40.7 Å². The van der Waals surface area contributed by atoms with E-state index in [0.29, 0.717) is 0 Å². The third-order valence-corrected chi connectivity index (χ3v) is 2.91. The van der Waals surface area contributed by atoms with Crippen molar-refractivity contribution in [3.8, 4) is 0 Å². The maximum absolute atomic E-state index is 11.7. The number of nitrogen functional groups attached to an aromatic ring is 1. The van der Waals surface area contributed by atoms with Crippen LogP contribution in [0.5, 0.6) is 0 Å². The minimum atomic E-state index is -0.779. The molecule has 0 radical (unpaired) electrons. The van der Waals surface area contributed by atoms with Crippen molar-refractivity contribution in [1.82, 2.24) is 5.32 Å². The molecule has 0 heterocycles. The van der Waals surface area contributed by atoms with Crippen molar-refractivity contribution in [2.75, 3.05) is 5.73 Å². The number of rotatable bonds is 3. The monoisotopic (exact) mass is 275 g/mol. The van der Waals surface area contributed by atoms with Gasteiger partial charge in [-0.3, -0.25) is 9.59 Å². The fourth-order valence-corrected chi connectivity index (χ4v) is 1.43. The first kappa shape index (κ1) is 13.6. The highest BCUT2D eigenvalue weighted by Crippen LogP contribution is 2.29. The van der Waals surface area contributed by atoms with Crippen LogP contribution in [-0.2, 0) is 4.79 Å². The summed E-state index contributed by atoms with van der Waals surface area (Å²) < 4.78 is 0. The lowest BCUT2D eigenvalue weighted by molar-refractivity contribution is -0.119. The molecule has 0 fully saturated rings. The number of primary amides is 1. The molecule has 0 aromatic heterocycles. The normalized spacial score (nSPS) is 11.9. The molecule has 17 heavy (non-hydrogen) atoms. The predicted octanol–water partition coefficient (Wildman–Crippen LogP) is 1.18. The van der Waals surface area contributed by atoms with E-state index in [4.69, 9.17) is 34.7 Å². The molecule has 7 heteroatoms. The average molecular weight is 276 g/mol. The molecule has 1 unspecified atom stereocenters. The Labute approximate surface area is 108 Å². The molecule has 5 N–H and O–H groups in total. The van der Waals surface area contributed by atoms with Gasteiger partial charge in [0.25, 0.3) is 5.91 Å². The van der Waals surface area contributed by atoms with Crippen LogP contribution in [0.3, 0.4) is 0 Å². The van der Waals surface area contributed by atoms with E-state index in [1.54, 1.807) is 0 Å². The average Bonchev–Trinajstić information content (AvgIpc) is 2.24. The molecule has 1 atom stereocenters. The number of carbonyl (C=O) groups is 2. The van der Waals surface area contributed by atoms with Crippen LogP contribution < -0.4 is 16.8 Å². The molecule has 5 nitrogen and oxygen atoms in total. The second-order valence-electron chi connectivity index (χ2n) is 3.46. The van der Waals surface area contributed by atoms with E-state index in [-0.39, 0.29) is 21.3 Å². The summed E-state index contributed by atoms with van der Waals surface area (Å²) in [6.45, 7) is 1.47. The Kier molecular flexibility index (Phi) is 4.20. The highest BCUT2D eigenvalue weighted by molar-refractivity contribution is 6.43. The smallest absolute Gasteiger partial charge is 0.252 e. The van der Waals surface area contributed by atoms with E-state index in [1.165, 1.54) is 19.1 Å². The molecule has 0 saturated heterocycles. The molecule has 0 saturated carbocycles. The Morgan fingerprint density at radius 1 is 1.35 bits per heavy atom. The number of nitrogens with one attached hydrogen (secondary N) is 1. The van der Waals surface area contributed by atoms with Crippen LogP contribution in [0.25, 0.3) is 0 Å². The number of hydrogen-bond acceptors (Lipinski definition) is 3. The van der Waals surface area contributed by atoms with E-state index in [2.05, 4.69) is 5.32 Å². The molecular formula is C10H11Cl2N3O2. The fourth-order valence-electron chi connectivity index (χ4n) is 1.09. The van der Waals surface area contributed by atoms with Crippen LogP contribution in [0.15, 0.2) is 12.1 Å². The first-order chi connectivity index (χ1) is 7.82. The van der Waals surface area contributed by atoms with Crippen molar-refractivity contribution < 1.29 is 9.59 Å². The maximum Gasteiger partial charge on any atom is 0.252 e. The standard InChI is InChI=1S/C10H11Cl2N3O2/c1-4(9(14)16)15-10(17)5-2-6(11)8(12)7(13)3-5/h2-4H,13H2,1H3,(H2,14,16)(H,15,17). The van der Waals surface area contributed by atoms with E-state index >= 15 is 0 Å². The Hall–Kier alpha value is -1.46. The van der Waals surface area contributed by atoms with E-state index in [0.717, 1.165) is 0 Å². The second-order valence-corrected chi connectivity index (χ2v) is 4.24. The van der Waals surface area contributed by atoms with Gasteiger partial charge in [-0.2, -0.15) is 0 Å². The molecule has 0 bridgehead atoms. The Bertz CT molecular complexity index is 454. The third kappa shape index (κ3) is 3.25. The van der Waals surface area contributed by atoms with E-state index < -0.39 is 17.9 Å². The topological polar surface area (TPSA) is 98.2 Å². The molecule has 1 aromatic rings. The number of hydrogen-bond donors (Lipinski definition) is 3. The Balaban J connectivity index is 2.94. The van der Waals surface area contributed by atoms with Crippen molar-refractivity contribution in [3.63, 3.8) is 0 Å². The van der Waals surface area contributed by atoms with Crippen LogP contribution in [0.2, 0.25) is 10.0 Å². The first-order valence-corrected chi connectivity index (χ1v) is 5.43. The van der Waals surface area contributed by atoms with Gasteiger partial charge < -0.3 is 16.8 Å². The van der Waals surface area contributed by atoms with Crippen LogP contribution >= 0.6 is 23.2 Å². The van der Waals surface area contributed by atoms with Crippen molar-refractivity contribution in [2.24, 2.45) is 5.73 Å². The lowest BCUT2D eigenvalue weighted by atomic mass is 10.1. The van der Waals surface area contributed by atoms with Gasteiger partial charge in [0.1, 0.15) is 6.04 Å². The lowest BCUT2D eigenvalue weighted by Gasteiger charge is -2.11. The number of nitrogens with two attached hydrogens (primary N) is 2. The van der Waals surface area contributed by atoms with Gasteiger partial charge in [-0.15, -0.1) is 0 Å². The predicted molar refractivity (Wildman–Crippen MR) is 67.0 cm³/mol. The van der Waals surface area contributed by atoms with Gasteiger partial charge in [0, 0.05) is 5.56 Å². The molecule has 2 amide bonds. The summed E-state index contributed by atoms with van der Waals surface area (Å²) in [5, 5.41) is 2.75. The van der Waals surface area contributed by atoms with Gasteiger partial charge in [0.15, 0.2) is 0 Å². The molecule has 1 aromatic carbocycles. The summed E-state index contributed by atoms with van der Waals surface area (Å²) in [6.07, 6.45) is 0. The summed E-state index contributed by atoms with van der Waals surface area (Å²) in [6, 6.07) is 1.96. The minimum Gasteiger partial charge on any atom is -0.397 e. The molecule has 0 aliphatic heterocycles. The number of anilines is 1. The summed E-state index contributed by atoms with van der Waals surface area (Å²) in [5.41, 5.74) is 11.0. The molecule has 1 rings (SSSR count). The zero-order valence-corrected chi connectivity index (χ0v) is 10.5. The van der Waals surface area contributed by atoms with Crippen LogP contribution in [0.1, 0.15) is 17.3 Å². The number of carbonyl (C=O) groups excluding carboxylic acids is 2. The van der Waals surface area contributed by atoms with Gasteiger partial charge in [-0.05, 0) is 19.1 Å². The van der Waals surface area contributed by atoms with Gasteiger partial charge in [0.05, 0.1) is 15.7 Å². The van der Waals surface area contributed by atoms with Gasteiger partial charge >= 0.3 is 0 Å². The van der Waals surface area contributed by atoms with E-state index in [9.17, 15) is 9.59 Å². The first-order valence-electron chi connectivity index (χ1n) is 4.67. The second kappa shape index (κ2) is 5.25. The molecule has 0 spiro atoms. The SMILES string of the molecule is CC(NC(=O)c1cc(N)c(Cl)c(Cl)c1)C(N)=O. The largest absolute Gasteiger partial charge is 0.397 e. The number of benzene rings is 1. The molecular weight excluding hydrogens is 265 g/mol. The molecule has 92 valence electrons. The van der Waals surface area contributed by atoms with Gasteiger partial charge in [-0.25, -0.2) is 0 Å².